The van der Waals surface area contributed by atoms with Gasteiger partial charge in [0.25, 0.3) is 11.8 Å². The van der Waals surface area contributed by atoms with Gasteiger partial charge in [-0.3, -0.25) is 19.5 Å². The van der Waals surface area contributed by atoms with Gasteiger partial charge < -0.3 is 19.5 Å². The van der Waals surface area contributed by atoms with Crippen molar-refractivity contribution < 1.29 is 24.2 Å². The van der Waals surface area contributed by atoms with Crippen LogP contribution in [0.25, 0.3) is 11.1 Å². The van der Waals surface area contributed by atoms with E-state index in [1.54, 1.807) is 24.3 Å². The number of hydrogen-bond donors (Lipinski definition) is 1. The van der Waals surface area contributed by atoms with Gasteiger partial charge >= 0.3 is 0 Å². The van der Waals surface area contributed by atoms with Crippen molar-refractivity contribution in [2.45, 2.75) is 44.5 Å². The Balaban J connectivity index is 1.09. The van der Waals surface area contributed by atoms with E-state index in [0.29, 0.717) is 17.5 Å². The van der Waals surface area contributed by atoms with E-state index in [1.165, 1.54) is 4.90 Å². The average molecular weight is 654 g/mol. The van der Waals surface area contributed by atoms with Gasteiger partial charge in [-0.1, -0.05) is 91.0 Å². The third kappa shape index (κ3) is 7.23. The first-order valence-electron chi connectivity index (χ1n) is 16.7. The number of ether oxygens (including phenoxy) is 2. The second kappa shape index (κ2) is 14.6. The van der Waals surface area contributed by atoms with E-state index in [4.69, 9.17) is 9.47 Å². The van der Waals surface area contributed by atoms with Crippen LogP contribution in [0.15, 0.2) is 121 Å². The van der Waals surface area contributed by atoms with E-state index in [1.807, 2.05) is 97.2 Å². The SMILES string of the molecule is CN(CCc1ccccn1)C[C@H]1C[C@@H](c2ccc(CO)cc2)O[C@@H](c2ccc(-c3ccccc3CN3C(=O)c4ccccc4C3=O)cc2)O1. The lowest BCUT2D eigenvalue weighted by atomic mass is 9.97. The van der Waals surface area contributed by atoms with Crippen molar-refractivity contribution in [1.82, 2.24) is 14.8 Å². The van der Waals surface area contributed by atoms with Crippen LogP contribution in [0.5, 0.6) is 0 Å². The molecule has 2 aliphatic rings. The molecule has 0 bridgehead atoms. The summed E-state index contributed by atoms with van der Waals surface area (Å²) < 4.78 is 13.2. The number of aliphatic hydroxyl groups excluding tert-OH is 1. The fraction of sp³-hybridized carbons (Fsp3) is 0.244. The summed E-state index contributed by atoms with van der Waals surface area (Å²) >= 11 is 0. The van der Waals surface area contributed by atoms with Crippen molar-refractivity contribution in [3.05, 3.63) is 161 Å². The molecule has 3 heterocycles. The van der Waals surface area contributed by atoms with Crippen molar-refractivity contribution in [2.24, 2.45) is 0 Å². The Labute approximate surface area is 286 Å². The summed E-state index contributed by atoms with van der Waals surface area (Å²) in [7, 11) is 2.11. The molecule has 2 aliphatic heterocycles. The van der Waals surface area contributed by atoms with Crippen LogP contribution in [0.3, 0.4) is 0 Å². The molecule has 8 nitrogen and oxygen atoms in total. The Morgan fingerprint density at radius 2 is 1.43 bits per heavy atom. The van der Waals surface area contributed by atoms with Gasteiger partial charge in [-0.15, -0.1) is 0 Å². The monoisotopic (exact) mass is 653 g/mol. The summed E-state index contributed by atoms with van der Waals surface area (Å²) in [6.07, 6.45) is 2.55. The van der Waals surface area contributed by atoms with Gasteiger partial charge in [0.2, 0.25) is 0 Å². The molecule has 1 N–H and O–H groups in total. The fourth-order valence-corrected chi connectivity index (χ4v) is 6.64. The average Bonchev–Trinajstić information content (AvgIpc) is 3.39. The van der Waals surface area contributed by atoms with Crippen LogP contribution in [0, 0.1) is 0 Å². The highest BCUT2D eigenvalue weighted by Gasteiger charge is 2.36. The lowest BCUT2D eigenvalue weighted by molar-refractivity contribution is -0.252. The molecule has 1 fully saturated rings. The first-order valence-corrected chi connectivity index (χ1v) is 16.7. The number of amides is 2. The predicted molar refractivity (Wildman–Crippen MR) is 186 cm³/mol. The Bertz CT molecular complexity index is 1880. The van der Waals surface area contributed by atoms with E-state index in [2.05, 4.69) is 16.9 Å². The zero-order chi connectivity index (χ0) is 33.7. The minimum atomic E-state index is -0.576. The Morgan fingerprint density at radius 1 is 0.776 bits per heavy atom. The highest BCUT2D eigenvalue weighted by Crippen LogP contribution is 2.39. The van der Waals surface area contributed by atoms with Crippen molar-refractivity contribution >= 4 is 11.8 Å². The van der Waals surface area contributed by atoms with Gasteiger partial charge in [-0.25, -0.2) is 0 Å². The lowest BCUT2D eigenvalue weighted by Crippen LogP contribution is -2.38. The number of imide groups is 1. The number of hydrogen-bond acceptors (Lipinski definition) is 7. The maximum absolute atomic E-state index is 13.1. The van der Waals surface area contributed by atoms with Crippen LogP contribution >= 0.6 is 0 Å². The van der Waals surface area contributed by atoms with Gasteiger partial charge in [0.15, 0.2) is 6.29 Å². The van der Waals surface area contributed by atoms with E-state index in [-0.39, 0.29) is 37.2 Å². The molecule has 248 valence electrons. The Kier molecular flexibility index (Phi) is 9.72. The van der Waals surface area contributed by atoms with Gasteiger partial charge in [0.05, 0.1) is 36.5 Å². The number of carbonyl (C=O) groups is 2. The van der Waals surface area contributed by atoms with Gasteiger partial charge in [-0.05, 0) is 59.1 Å². The number of aromatic nitrogens is 1. The molecule has 8 heteroatoms. The molecule has 2 amide bonds. The number of pyridine rings is 1. The summed E-state index contributed by atoms with van der Waals surface area (Å²) in [5.41, 5.74) is 7.56. The summed E-state index contributed by atoms with van der Waals surface area (Å²) in [4.78, 5) is 34.3. The number of carbonyl (C=O) groups excluding carboxylic acids is 2. The summed E-state index contributed by atoms with van der Waals surface area (Å²) in [6, 6.07) is 36.9. The quantitative estimate of drug-likeness (QED) is 0.158. The standard InChI is InChI=1S/C41H39N3O5/c1-43(23-21-33-9-6-7-22-42-33)26-34-24-38(30-15-13-28(27-45)14-16-30)49-41(48-34)31-19-17-29(18-20-31)35-10-3-2-8-32(35)25-44-39(46)36-11-4-5-12-37(36)40(44)47/h2-20,22,34,38,41,45H,21,23-27H2,1H3/t34-,38+,41+/m1/s1. The molecule has 1 aromatic heterocycles. The van der Waals surface area contributed by atoms with Crippen molar-refractivity contribution in [3.63, 3.8) is 0 Å². The van der Waals surface area contributed by atoms with Crippen LogP contribution in [-0.2, 0) is 29.0 Å². The molecule has 0 radical (unpaired) electrons. The highest BCUT2D eigenvalue weighted by molar-refractivity contribution is 6.21. The summed E-state index contributed by atoms with van der Waals surface area (Å²) in [5, 5.41) is 9.56. The minimum absolute atomic E-state index is 0.00495. The molecular formula is C41H39N3O5. The molecule has 3 atom stereocenters. The smallest absolute Gasteiger partial charge is 0.261 e. The van der Waals surface area contributed by atoms with Crippen LogP contribution in [0.2, 0.25) is 0 Å². The zero-order valence-electron chi connectivity index (χ0n) is 27.4. The summed E-state index contributed by atoms with van der Waals surface area (Å²) in [5.74, 6) is -0.537. The molecule has 0 spiro atoms. The molecular weight excluding hydrogens is 614 g/mol. The van der Waals surface area contributed by atoms with Crippen molar-refractivity contribution in [3.8, 4) is 11.1 Å². The number of likely N-dealkylation sites (N-methyl/N-ethyl adjacent to an activating group) is 1. The predicted octanol–water partition coefficient (Wildman–Crippen LogP) is 6.76. The zero-order valence-corrected chi connectivity index (χ0v) is 27.4. The minimum Gasteiger partial charge on any atom is -0.392 e. The summed E-state index contributed by atoms with van der Waals surface area (Å²) in [6.45, 7) is 1.77. The second-order valence-corrected chi connectivity index (χ2v) is 12.7. The normalized spacial score (nSPS) is 19.0. The van der Waals surface area contributed by atoms with Crippen LogP contribution in [-0.4, -0.2) is 57.9 Å². The Morgan fingerprint density at radius 3 is 2.10 bits per heavy atom. The maximum Gasteiger partial charge on any atom is 0.261 e. The third-order valence-electron chi connectivity index (χ3n) is 9.32. The number of nitrogens with zero attached hydrogens (tertiary/aromatic N) is 3. The van der Waals surface area contributed by atoms with Crippen LogP contribution < -0.4 is 0 Å². The van der Waals surface area contributed by atoms with Crippen LogP contribution in [0.1, 0.15) is 67.5 Å². The molecule has 4 aromatic carbocycles. The van der Waals surface area contributed by atoms with Gasteiger partial charge in [-0.2, -0.15) is 0 Å². The first kappa shape index (κ1) is 32.6. The molecule has 1 saturated heterocycles. The first-order chi connectivity index (χ1) is 24.0. The second-order valence-electron chi connectivity index (χ2n) is 12.7. The molecule has 0 unspecified atom stereocenters. The third-order valence-corrected chi connectivity index (χ3v) is 9.32. The number of fused-ring (bicyclic) bond motifs is 1. The van der Waals surface area contributed by atoms with E-state index >= 15 is 0 Å². The number of aliphatic hydroxyl groups is 1. The molecule has 5 aromatic rings. The van der Waals surface area contributed by atoms with E-state index < -0.39 is 6.29 Å². The van der Waals surface area contributed by atoms with E-state index in [9.17, 15) is 14.7 Å². The molecule has 49 heavy (non-hydrogen) atoms. The van der Waals surface area contributed by atoms with Gasteiger partial charge in [0, 0.05) is 43.4 Å². The largest absolute Gasteiger partial charge is 0.392 e. The van der Waals surface area contributed by atoms with Crippen molar-refractivity contribution in [2.75, 3.05) is 20.1 Å². The van der Waals surface area contributed by atoms with Crippen molar-refractivity contribution in [1.29, 1.82) is 0 Å². The molecule has 0 saturated carbocycles. The highest BCUT2D eigenvalue weighted by atomic mass is 16.7. The fourth-order valence-electron chi connectivity index (χ4n) is 6.64. The Hall–Kier alpha value is -4.99. The lowest BCUT2D eigenvalue weighted by Gasteiger charge is -2.38. The molecule has 0 aliphatic carbocycles. The van der Waals surface area contributed by atoms with Gasteiger partial charge in [0.1, 0.15) is 0 Å². The number of rotatable bonds is 11. The van der Waals surface area contributed by atoms with E-state index in [0.717, 1.165) is 58.6 Å². The number of benzene rings is 4. The maximum atomic E-state index is 13.1. The van der Waals surface area contributed by atoms with Crippen LogP contribution in [0.4, 0.5) is 0 Å². The molecule has 7 rings (SSSR count). The topological polar surface area (TPSA) is 92.2 Å².